The summed E-state index contributed by atoms with van der Waals surface area (Å²) in [4.78, 5) is 44.2. The van der Waals surface area contributed by atoms with Crippen LogP contribution in [-0.2, 0) is 11.3 Å². The summed E-state index contributed by atoms with van der Waals surface area (Å²) in [5.74, 6) is 0.570. The highest BCUT2D eigenvalue weighted by molar-refractivity contribution is 5.99. The molecule has 0 spiro atoms. The summed E-state index contributed by atoms with van der Waals surface area (Å²) in [7, 11) is 3.16. The molecule has 9 nitrogen and oxygen atoms in total. The minimum atomic E-state index is -0.748. The molecule has 4 rings (SSSR count). The zero-order chi connectivity index (χ0) is 28.6. The maximum Gasteiger partial charge on any atom is 0.254 e. The minimum Gasteiger partial charge on any atom is -0.497 e. The van der Waals surface area contributed by atoms with Gasteiger partial charge in [-0.2, -0.15) is 0 Å². The lowest BCUT2D eigenvalue weighted by molar-refractivity contribution is -0.124. The molecule has 3 N–H and O–H groups in total. The predicted octanol–water partition coefficient (Wildman–Crippen LogP) is 3.01. The second-order valence-corrected chi connectivity index (χ2v) is 9.82. The molecule has 0 bridgehead atoms. The molecule has 1 saturated heterocycles. The summed E-state index contributed by atoms with van der Waals surface area (Å²) < 4.78 is 10.6. The number of benzene rings is 3. The molecule has 2 atom stereocenters. The van der Waals surface area contributed by atoms with Crippen LogP contribution in [-0.4, -0.2) is 73.5 Å². The van der Waals surface area contributed by atoms with E-state index >= 15 is 0 Å². The van der Waals surface area contributed by atoms with E-state index in [1.54, 1.807) is 60.4 Å². The number of hydrogen-bond acceptors (Lipinski definition) is 6. The predicted molar refractivity (Wildman–Crippen MR) is 152 cm³/mol. The van der Waals surface area contributed by atoms with Gasteiger partial charge in [0, 0.05) is 37.3 Å². The number of nitrogens with zero attached hydrogens (tertiary/aromatic N) is 2. The van der Waals surface area contributed by atoms with Crippen molar-refractivity contribution in [2.24, 2.45) is 5.73 Å². The van der Waals surface area contributed by atoms with E-state index in [9.17, 15) is 14.4 Å². The van der Waals surface area contributed by atoms with Crippen LogP contribution in [0.25, 0.3) is 0 Å². The smallest absolute Gasteiger partial charge is 0.254 e. The number of carbonyl (C=O) groups excluding carboxylic acids is 3. The first kappa shape index (κ1) is 28.6. The number of carbonyl (C=O) groups is 3. The Morgan fingerprint density at radius 3 is 2.27 bits per heavy atom. The largest absolute Gasteiger partial charge is 0.497 e. The number of nitrogens with two attached hydrogens (primary N) is 1. The number of methoxy groups -OCH3 is 2. The zero-order valence-electron chi connectivity index (χ0n) is 23.1. The van der Waals surface area contributed by atoms with Gasteiger partial charge in [0.25, 0.3) is 11.8 Å². The summed E-state index contributed by atoms with van der Waals surface area (Å²) in [6.45, 7) is 3.01. The molecule has 210 valence electrons. The van der Waals surface area contributed by atoms with Gasteiger partial charge in [-0.25, -0.2) is 0 Å². The standard InChI is InChI=1S/C31H36N4O5/c1-21-7-9-23(10-8-21)31(38)35-20-25(18-28(35)29(36)33-16-15-32)34(19-22-5-4-6-27(17-22)40-3)30(37)24-11-13-26(39-2)14-12-24/h4-14,17,25,28H,15-16,18-20,32H2,1-3H3,(H,33,36). The van der Waals surface area contributed by atoms with Gasteiger partial charge in [0.05, 0.1) is 20.3 Å². The Labute approximate surface area is 234 Å². The van der Waals surface area contributed by atoms with Crippen molar-refractivity contribution in [3.8, 4) is 11.5 Å². The Hall–Kier alpha value is -4.37. The van der Waals surface area contributed by atoms with Crippen LogP contribution < -0.4 is 20.5 Å². The lowest BCUT2D eigenvalue weighted by atomic mass is 10.1. The van der Waals surface area contributed by atoms with Gasteiger partial charge >= 0.3 is 0 Å². The lowest BCUT2D eigenvalue weighted by Gasteiger charge is -2.29. The molecule has 3 aromatic carbocycles. The van der Waals surface area contributed by atoms with Crippen molar-refractivity contribution in [2.75, 3.05) is 33.9 Å². The van der Waals surface area contributed by atoms with Crippen LogP contribution in [0, 0.1) is 6.92 Å². The molecule has 3 amide bonds. The topological polar surface area (TPSA) is 114 Å². The van der Waals surface area contributed by atoms with Crippen molar-refractivity contribution < 1.29 is 23.9 Å². The number of aryl methyl sites for hydroxylation is 1. The van der Waals surface area contributed by atoms with E-state index in [-0.39, 0.29) is 37.4 Å². The number of likely N-dealkylation sites (tertiary alicyclic amines) is 1. The SMILES string of the molecule is COc1ccc(C(=O)N(Cc2cccc(OC)c2)C2CC(C(=O)NCCN)N(C(=O)c3ccc(C)cc3)C2)cc1. The van der Waals surface area contributed by atoms with Crippen LogP contribution in [0.4, 0.5) is 0 Å². The fraction of sp³-hybridized carbons (Fsp3) is 0.323. The minimum absolute atomic E-state index is 0.207. The highest BCUT2D eigenvalue weighted by atomic mass is 16.5. The van der Waals surface area contributed by atoms with Crippen LogP contribution in [0.2, 0.25) is 0 Å². The van der Waals surface area contributed by atoms with E-state index in [0.29, 0.717) is 35.6 Å². The number of rotatable bonds is 10. The summed E-state index contributed by atoms with van der Waals surface area (Å²) >= 11 is 0. The van der Waals surface area contributed by atoms with Crippen molar-refractivity contribution in [1.29, 1.82) is 0 Å². The third-order valence-electron chi connectivity index (χ3n) is 7.11. The van der Waals surface area contributed by atoms with Crippen LogP contribution in [0.15, 0.2) is 72.8 Å². The maximum atomic E-state index is 14.0. The molecule has 0 aliphatic carbocycles. The molecular formula is C31H36N4O5. The van der Waals surface area contributed by atoms with E-state index in [1.165, 1.54) is 0 Å². The molecule has 0 aromatic heterocycles. The molecule has 3 aromatic rings. The van der Waals surface area contributed by atoms with E-state index in [0.717, 1.165) is 11.1 Å². The van der Waals surface area contributed by atoms with Gasteiger partial charge in [0.1, 0.15) is 17.5 Å². The zero-order valence-corrected chi connectivity index (χ0v) is 23.1. The second kappa shape index (κ2) is 13.1. The molecule has 9 heteroatoms. The average Bonchev–Trinajstić information content (AvgIpc) is 3.44. The molecular weight excluding hydrogens is 508 g/mol. The molecule has 0 saturated carbocycles. The molecule has 0 radical (unpaired) electrons. The van der Waals surface area contributed by atoms with Crippen molar-refractivity contribution in [2.45, 2.75) is 32.0 Å². The number of nitrogens with one attached hydrogen (secondary N) is 1. The van der Waals surface area contributed by atoms with Gasteiger partial charge in [0.2, 0.25) is 5.91 Å². The van der Waals surface area contributed by atoms with E-state index in [1.807, 2.05) is 43.3 Å². The summed E-state index contributed by atoms with van der Waals surface area (Å²) in [6.07, 6.45) is 0.292. The molecule has 1 aliphatic rings. The Bertz CT molecular complexity index is 1330. The molecule has 1 fully saturated rings. The third kappa shape index (κ3) is 6.60. The number of hydrogen-bond donors (Lipinski definition) is 2. The monoisotopic (exact) mass is 544 g/mol. The van der Waals surface area contributed by atoms with E-state index in [4.69, 9.17) is 15.2 Å². The molecule has 40 heavy (non-hydrogen) atoms. The van der Waals surface area contributed by atoms with Crippen molar-refractivity contribution in [3.05, 3.63) is 95.1 Å². The van der Waals surface area contributed by atoms with Crippen LogP contribution in [0.1, 0.15) is 38.3 Å². The normalized spacial score (nSPS) is 16.4. The van der Waals surface area contributed by atoms with Gasteiger partial charge < -0.3 is 30.3 Å². The van der Waals surface area contributed by atoms with Crippen molar-refractivity contribution in [1.82, 2.24) is 15.1 Å². The van der Waals surface area contributed by atoms with Crippen LogP contribution >= 0.6 is 0 Å². The van der Waals surface area contributed by atoms with Gasteiger partial charge in [-0.15, -0.1) is 0 Å². The molecule has 1 heterocycles. The first-order chi connectivity index (χ1) is 19.3. The quantitative estimate of drug-likeness (QED) is 0.406. The Balaban J connectivity index is 1.69. The first-order valence-corrected chi connectivity index (χ1v) is 13.3. The number of ether oxygens (including phenoxy) is 2. The Morgan fingerprint density at radius 1 is 0.950 bits per heavy atom. The van der Waals surface area contributed by atoms with Gasteiger partial charge in [-0.1, -0.05) is 29.8 Å². The number of amides is 3. The third-order valence-corrected chi connectivity index (χ3v) is 7.11. The lowest BCUT2D eigenvalue weighted by Crippen LogP contribution is -2.47. The Morgan fingerprint density at radius 2 is 1.62 bits per heavy atom. The van der Waals surface area contributed by atoms with Gasteiger partial charge in [0.15, 0.2) is 0 Å². The summed E-state index contributed by atoms with van der Waals surface area (Å²) in [5.41, 5.74) is 8.49. The second-order valence-electron chi connectivity index (χ2n) is 9.82. The summed E-state index contributed by atoms with van der Waals surface area (Å²) in [6, 6.07) is 20.5. The highest BCUT2D eigenvalue weighted by Crippen LogP contribution is 2.28. The van der Waals surface area contributed by atoms with E-state index < -0.39 is 12.1 Å². The van der Waals surface area contributed by atoms with Crippen LogP contribution in [0.5, 0.6) is 11.5 Å². The maximum absolute atomic E-state index is 14.0. The highest BCUT2D eigenvalue weighted by Gasteiger charge is 2.43. The summed E-state index contributed by atoms with van der Waals surface area (Å²) in [5, 5.41) is 2.83. The first-order valence-electron chi connectivity index (χ1n) is 13.3. The molecule has 1 aliphatic heterocycles. The fourth-order valence-electron chi connectivity index (χ4n) is 4.92. The van der Waals surface area contributed by atoms with Gasteiger partial charge in [-0.3, -0.25) is 14.4 Å². The molecule has 2 unspecified atom stereocenters. The van der Waals surface area contributed by atoms with Crippen molar-refractivity contribution >= 4 is 17.7 Å². The van der Waals surface area contributed by atoms with Crippen molar-refractivity contribution in [3.63, 3.8) is 0 Å². The fourth-order valence-corrected chi connectivity index (χ4v) is 4.92. The Kier molecular flexibility index (Phi) is 9.39. The average molecular weight is 545 g/mol. The van der Waals surface area contributed by atoms with Gasteiger partial charge in [-0.05, 0) is 67.4 Å². The van der Waals surface area contributed by atoms with E-state index in [2.05, 4.69) is 5.32 Å². The van der Waals surface area contributed by atoms with Crippen LogP contribution in [0.3, 0.4) is 0 Å².